The van der Waals surface area contributed by atoms with Crippen LogP contribution in [0.2, 0.25) is 0 Å². The van der Waals surface area contributed by atoms with Gasteiger partial charge in [-0.2, -0.15) is 0 Å². The fourth-order valence-corrected chi connectivity index (χ4v) is 2.36. The zero-order chi connectivity index (χ0) is 12.1. The summed E-state index contributed by atoms with van der Waals surface area (Å²) in [7, 11) is 2.06. The van der Waals surface area contributed by atoms with Crippen molar-refractivity contribution in [2.75, 3.05) is 25.9 Å². The number of aromatic nitrogens is 1. The maximum Gasteiger partial charge on any atom is 0.194 e. The fourth-order valence-electron chi connectivity index (χ4n) is 1.69. The van der Waals surface area contributed by atoms with E-state index in [4.69, 9.17) is 0 Å². The van der Waals surface area contributed by atoms with Gasteiger partial charge < -0.3 is 10.2 Å². The molecule has 0 unspecified atom stereocenters. The van der Waals surface area contributed by atoms with Crippen molar-refractivity contribution >= 4 is 17.7 Å². The van der Waals surface area contributed by atoms with Crippen LogP contribution in [0.15, 0.2) is 28.3 Å². The molecule has 5 heteroatoms. The number of pyridine rings is 1. The van der Waals surface area contributed by atoms with Gasteiger partial charge in [0.05, 0.1) is 11.6 Å². The van der Waals surface area contributed by atoms with Gasteiger partial charge in [-0.1, -0.05) is 6.92 Å². The van der Waals surface area contributed by atoms with Crippen molar-refractivity contribution in [3.05, 3.63) is 23.9 Å². The molecule has 1 aliphatic heterocycles. The molecule has 92 valence electrons. The van der Waals surface area contributed by atoms with E-state index in [-0.39, 0.29) is 0 Å². The van der Waals surface area contributed by atoms with Crippen LogP contribution in [0, 0.1) is 0 Å². The second-order valence-corrected chi connectivity index (χ2v) is 5.20. The van der Waals surface area contributed by atoms with Crippen LogP contribution in [-0.4, -0.2) is 41.7 Å². The van der Waals surface area contributed by atoms with Gasteiger partial charge in [0.25, 0.3) is 0 Å². The third-order valence-corrected chi connectivity index (χ3v) is 3.41. The number of nitrogens with one attached hydrogen (secondary N) is 1. The van der Waals surface area contributed by atoms with Crippen LogP contribution in [0.1, 0.15) is 12.5 Å². The standard InChI is InChI=1S/C12H18N4S/c1-3-17-11-8-10(4-5-13-11)9-15-12-14-6-7-16(12)2/h4-5,8H,3,6-7,9H2,1-2H3,(H,14,15). The Balaban J connectivity index is 1.92. The Morgan fingerprint density at radius 2 is 2.41 bits per heavy atom. The summed E-state index contributed by atoms with van der Waals surface area (Å²) in [6.45, 7) is 4.85. The van der Waals surface area contributed by atoms with Crippen LogP contribution in [-0.2, 0) is 6.54 Å². The number of nitrogens with zero attached hydrogens (tertiary/aromatic N) is 3. The molecule has 17 heavy (non-hydrogen) atoms. The summed E-state index contributed by atoms with van der Waals surface area (Å²) in [6, 6.07) is 4.18. The van der Waals surface area contributed by atoms with Crippen molar-refractivity contribution in [2.24, 2.45) is 4.99 Å². The van der Waals surface area contributed by atoms with Crippen molar-refractivity contribution in [3.8, 4) is 0 Å². The molecule has 0 saturated heterocycles. The highest BCUT2D eigenvalue weighted by atomic mass is 32.2. The van der Waals surface area contributed by atoms with Gasteiger partial charge in [-0.25, -0.2) is 4.98 Å². The van der Waals surface area contributed by atoms with Gasteiger partial charge in [0.2, 0.25) is 0 Å². The summed E-state index contributed by atoms with van der Waals surface area (Å²) in [5.74, 6) is 2.05. The molecule has 1 aliphatic rings. The van der Waals surface area contributed by atoms with Crippen LogP contribution in [0.3, 0.4) is 0 Å². The first kappa shape index (κ1) is 12.2. The minimum atomic E-state index is 0.808. The van der Waals surface area contributed by atoms with Crippen LogP contribution in [0.25, 0.3) is 0 Å². The van der Waals surface area contributed by atoms with E-state index in [9.17, 15) is 0 Å². The summed E-state index contributed by atoms with van der Waals surface area (Å²) >= 11 is 1.77. The highest BCUT2D eigenvalue weighted by Crippen LogP contribution is 2.15. The minimum absolute atomic E-state index is 0.808. The van der Waals surface area contributed by atoms with E-state index in [1.807, 2.05) is 12.3 Å². The molecule has 0 saturated carbocycles. The number of thioether (sulfide) groups is 1. The Morgan fingerprint density at radius 3 is 3.12 bits per heavy atom. The third kappa shape index (κ3) is 3.36. The Hall–Kier alpha value is -1.23. The van der Waals surface area contributed by atoms with E-state index in [1.54, 1.807) is 11.8 Å². The molecule has 4 nitrogen and oxygen atoms in total. The molecule has 0 fully saturated rings. The highest BCUT2D eigenvalue weighted by molar-refractivity contribution is 7.99. The van der Waals surface area contributed by atoms with Crippen molar-refractivity contribution in [3.63, 3.8) is 0 Å². The van der Waals surface area contributed by atoms with Gasteiger partial charge in [0, 0.05) is 26.3 Å². The van der Waals surface area contributed by atoms with Crippen molar-refractivity contribution in [1.82, 2.24) is 15.2 Å². The summed E-state index contributed by atoms with van der Waals surface area (Å²) in [5, 5.41) is 4.45. The summed E-state index contributed by atoms with van der Waals surface area (Å²) in [4.78, 5) is 10.9. The van der Waals surface area contributed by atoms with E-state index < -0.39 is 0 Å². The van der Waals surface area contributed by atoms with Crippen LogP contribution >= 0.6 is 11.8 Å². The van der Waals surface area contributed by atoms with Crippen molar-refractivity contribution < 1.29 is 0 Å². The lowest BCUT2D eigenvalue weighted by molar-refractivity contribution is 0.534. The molecule has 2 rings (SSSR count). The largest absolute Gasteiger partial charge is 0.352 e. The van der Waals surface area contributed by atoms with Gasteiger partial charge in [-0.3, -0.25) is 4.99 Å². The number of aliphatic imine (C=N–C) groups is 1. The van der Waals surface area contributed by atoms with Crippen LogP contribution in [0.4, 0.5) is 0 Å². The molecule has 1 aromatic heterocycles. The first-order valence-corrected chi connectivity index (χ1v) is 6.85. The van der Waals surface area contributed by atoms with Gasteiger partial charge >= 0.3 is 0 Å². The maximum atomic E-state index is 4.40. The Labute approximate surface area is 107 Å². The normalized spacial score (nSPS) is 14.9. The SMILES string of the molecule is CCSc1cc(CNC2=NCCN2C)ccn1. The second kappa shape index (κ2) is 5.91. The monoisotopic (exact) mass is 250 g/mol. The molecular weight excluding hydrogens is 232 g/mol. The lowest BCUT2D eigenvalue weighted by Crippen LogP contribution is -2.35. The second-order valence-electron chi connectivity index (χ2n) is 3.92. The molecule has 0 bridgehead atoms. The molecule has 0 radical (unpaired) electrons. The molecule has 2 heterocycles. The first-order chi connectivity index (χ1) is 8.29. The number of rotatable bonds is 4. The average molecular weight is 250 g/mol. The predicted octanol–water partition coefficient (Wildman–Crippen LogP) is 1.58. The average Bonchev–Trinajstić information content (AvgIpc) is 2.73. The van der Waals surface area contributed by atoms with E-state index in [0.717, 1.165) is 36.4 Å². The molecule has 0 amide bonds. The third-order valence-electron chi connectivity index (χ3n) is 2.60. The zero-order valence-corrected chi connectivity index (χ0v) is 11.1. The number of hydrogen-bond acceptors (Lipinski definition) is 5. The van der Waals surface area contributed by atoms with Crippen LogP contribution in [0.5, 0.6) is 0 Å². The summed E-state index contributed by atoms with van der Waals surface area (Å²) < 4.78 is 0. The molecule has 0 spiro atoms. The quantitative estimate of drug-likeness (QED) is 0.824. The van der Waals surface area contributed by atoms with Gasteiger partial charge in [0.1, 0.15) is 0 Å². The van der Waals surface area contributed by atoms with E-state index in [0.29, 0.717) is 0 Å². The molecular formula is C12H18N4S. The van der Waals surface area contributed by atoms with E-state index in [1.165, 1.54) is 5.56 Å². The van der Waals surface area contributed by atoms with E-state index in [2.05, 4.69) is 40.2 Å². The lowest BCUT2D eigenvalue weighted by atomic mass is 10.3. The topological polar surface area (TPSA) is 40.5 Å². The Morgan fingerprint density at radius 1 is 1.53 bits per heavy atom. The zero-order valence-electron chi connectivity index (χ0n) is 10.3. The Kier molecular flexibility index (Phi) is 4.25. The molecule has 1 N–H and O–H groups in total. The first-order valence-electron chi connectivity index (χ1n) is 5.87. The highest BCUT2D eigenvalue weighted by Gasteiger charge is 2.11. The predicted molar refractivity (Wildman–Crippen MR) is 72.4 cm³/mol. The number of hydrogen-bond donors (Lipinski definition) is 1. The lowest BCUT2D eigenvalue weighted by Gasteiger charge is -2.15. The van der Waals surface area contributed by atoms with E-state index >= 15 is 0 Å². The fraction of sp³-hybridized carbons (Fsp3) is 0.500. The van der Waals surface area contributed by atoms with Gasteiger partial charge in [0.15, 0.2) is 5.96 Å². The Bertz CT molecular complexity index is 405. The van der Waals surface area contributed by atoms with Crippen molar-refractivity contribution in [2.45, 2.75) is 18.5 Å². The molecule has 0 aromatic carbocycles. The van der Waals surface area contributed by atoms with Crippen LogP contribution < -0.4 is 5.32 Å². The molecule has 0 aliphatic carbocycles. The molecule has 1 aromatic rings. The number of likely N-dealkylation sites (N-methyl/N-ethyl adjacent to an activating group) is 1. The van der Waals surface area contributed by atoms with Gasteiger partial charge in [-0.05, 0) is 23.4 Å². The smallest absolute Gasteiger partial charge is 0.194 e. The molecule has 0 atom stereocenters. The van der Waals surface area contributed by atoms with Crippen molar-refractivity contribution in [1.29, 1.82) is 0 Å². The maximum absolute atomic E-state index is 4.40. The van der Waals surface area contributed by atoms with Gasteiger partial charge in [-0.15, -0.1) is 11.8 Å². The summed E-state index contributed by atoms with van der Waals surface area (Å²) in [6.07, 6.45) is 1.87. The summed E-state index contributed by atoms with van der Waals surface area (Å²) in [5.41, 5.74) is 1.25. The number of guanidine groups is 1. The minimum Gasteiger partial charge on any atom is -0.352 e.